The van der Waals surface area contributed by atoms with Crippen LogP contribution in [0.5, 0.6) is 11.5 Å². The lowest BCUT2D eigenvalue weighted by atomic mass is 10.1. The Morgan fingerprint density at radius 1 is 0.964 bits per heavy atom. The smallest absolute Gasteiger partial charge is 0.257 e. The molecule has 0 spiro atoms. The van der Waals surface area contributed by atoms with Crippen LogP contribution in [0.3, 0.4) is 0 Å². The molecule has 0 saturated heterocycles. The maximum Gasteiger partial charge on any atom is 0.257 e. The number of ether oxygens (including phenoxy) is 2. The molecule has 6 nitrogen and oxygen atoms in total. The first-order chi connectivity index (χ1) is 13.6. The largest absolute Gasteiger partial charge is 0.493 e. The zero-order valence-corrected chi connectivity index (χ0v) is 16.2. The Hall–Kier alpha value is -3.54. The molecule has 0 fully saturated rings. The van der Waals surface area contributed by atoms with E-state index in [1.165, 1.54) is 0 Å². The Morgan fingerprint density at radius 3 is 2.50 bits per heavy atom. The highest BCUT2D eigenvalue weighted by atomic mass is 16.5. The van der Waals surface area contributed by atoms with E-state index < -0.39 is 0 Å². The molecular formula is C22H23N3O3. The third kappa shape index (κ3) is 4.40. The van der Waals surface area contributed by atoms with Crippen LogP contribution in [0.2, 0.25) is 0 Å². The minimum atomic E-state index is -0.204. The topological polar surface area (TPSA) is 72.5 Å². The number of amides is 1. The van der Waals surface area contributed by atoms with Crippen LogP contribution in [0.15, 0.2) is 60.9 Å². The lowest BCUT2D eigenvalue weighted by Crippen LogP contribution is -2.13. The number of hydrogen-bond acceptors (Lipinski definition) is 5. The molecule has 3 rings (SSSR count). The van der Waals surface area contributed by atoms with Gasteiger partial charge in [-0.1, -0.05) is 25.1 Å². The summed E-state index contributed by atoms with van der Waals surface area (Å²) in [5.74, 6) is 1.06. The van der Waals surface area contributed by atoms with E-state index in [0.717, 1.165) is 23.4 Å². The Kier molecular flexibility index (Phi) is 6.11. The number of nitrogens with one attached hydrogen (secondary N) is 2. The maximum absolute atomic E-state index is 12.7. The first kappa shape index (κ1) is 19.2. The molecule has 144 valence electrons. The third-order valence-corrected chi connectivity index (χ3v) is 4.32. The average molecular weight is 377 g/mol. The van der Waals surface area contributed by atoms with Crippen molar-refractivity contribution >= 4 is 23.0 Å². The molecule has 1 heterocycles. The Bertz CT molecular complexity index is 973. The van der Waals surface area contributed by atoms with Gasteiger partial charge in [0.2, 0.25) is 0 Å². The van der Waals surface area contributed by atoms with Crippen LogP contribution >= 0.6 is 0 Å². The van der Waals surface area contributed by atoms with Crippen molar-refractivity contribution < 1.29 is 14.3 Å². The van der Waals surface area contributed by atoms with Gasteiger partial charge in [0.1, 0.15) is 0 Å². The molecule has 0 aliphatic heterocycles. The molecule has 0 radical (unpaired) electrons. The normalized spacial score (nSPS) is 10.2. The van der Waals surface area contributed by atoms with Gasteiger partial charge in [-0.15, -0.1) is 0 Å². The summed E-state index contributed by atoms with van der Waals surface area (Å²) < 4.78 is 10.6. The lowest BCUT2D eigenvalue weighted by Gasteiger charge is -2.12. The molecule has 0 aliphatic rings. The van der Waals surface area contributed by atoms with Gasteiger partial charge in [-0.3, -0.25) is 9.78 Å². The number of pyridine rings is 1. The van der Waals surface area contributed by atoms with Crippen LogP contribution in [0.25, 0.3) is 0 Å². The Balaban J connectivity index is 1.77. The molecule has 2 aromatic carbocycles. The van der Waals surface area contributed by atoms with E-state index in [-0.39, 0.29) is 5.91 Å². The number of rotatable bonds is 7. The van der Waals surface area contributed by atoms with Gasteiger partial charge >= 0.3 is 0 Å². The summed E-state index contributed by atoms with van der Waals surface area (Å²) in [5, 5.41) is 6.19. The van der Waals surface area contributed by atoms with Gasteiger partial charge in [0.05, 0.1) is 31.7 Å². The molecule has 0 atom stereocenters. The molecule has 3 aromatic rings. The van der Waals surface area contributed by atoms with Gasteiger partial charge in [0.15, 0.2) is 11.5 Å². The van der Waals surface area contributed by atoms with Crippen molar-refractivity contribution in [2.75, 3.05) is 24.9 Å². The number of benzene rings is 2. The zero-order valence-electron chi connectivity index (χ0n) is 16.2. The van der Waals surface area contributed by atoms with Gasteiger partial charge in [0, 0.05) is 23.6 Å². The summed E-state index contributed by atoms with van der Waals surface area (Å²) in [5.41, 5.74) is 3.87. The van der Waals surface area contributed by atoms with Gasteiger partial charge in [-0.2, -0.15) is 0 Å². The van der Waals surface area contributed by atoms with Crippen LogP contribution in [0.1, 0.15) is 22.8 Å². The van der Waals surface area contributed by atoms with Crippen molar-refractivity contribution in [3.63, 3.8) is 0 Å². The van der Waals surface area contributed by atoms with Gasteiger partial charge in [0.25, 0.3) is 5.91 Å². The number of methoxy groups -OCH3 is 2. The third-order valence-electron chi connectivity index (χ3n) is 4.32. The monoisotopic (exact) mass is 377 g/mol. The van der Waals surface area contributed by atoms with Crippen molar-refractivity contribution in [3.05, 3.63) is 72.1 Å². The number of nitrogens with zero attached hydrogens (tertiary/aromatic N) is 1. The number of carbonyl (C=O) groups is 1. The van der Waals surface area contributed by atoms with Crippen molar-refractivity contribution in [3.8, 4) is 11.5 Å². The van der Waals surface area contributed by atoms with Gasteiger partial charge < -0.3 is 20.1 Å². The SMILES string of the molecule is CCc1ccccc1NC(=O)c1cncc(Nc2ccc(OC)c(OC)c2)c1. The number of hydrogen-bond donors (Lipinski definition) is 2. The highest BCUT2D eigenvalue weighted by Crippen LogP contribution is 2.31. The molecular weight excluding hydrogens is 354 g/mol. The fourth-order valence-electron chi connectivity index (χ4n) is 2.86. The van der Waals surface area contributed by atoms with Crippen molar-refractivity contribution in [1.29, 1.82) is 0 Å². The molecule has 1 amide bonds. The van der Waals surface area contributed by atoms with Crippen LogP contribution < -0.4 is 20.1 Å². The Morgan fingerprint density at radius 2 is 1.75 bits per heavy atom. The summed E-state index contributed by atoms with van der Waals surface area (Å²) >= 11 is 0. The lowest BCUT2D eigenvalue weighted by molar-refractivity contribution is 0.102. The predicted octanol–water partition coefficient (Wildman–Crippen LogP) is 4.66. The number of para-hydroxylation sites is 1. The molecule has 0 bridgehead atoms. The van der Waals surface area contributed by atoms with Crippen LogP contribution in [-0.4, -0.2) is 25.1 Å². The minimum absolute atomic E-state index is 0.204. The van der Waals surface area contributed by atoms with E-state index in [2.05, 4.69) is 22.5 Å². The van der Waals surface area contributed by atoms with E-state index in [0.29, 0.717) is 22.7 Å². The molecule has 0 saturated carbocycles. The average Bonchev–Trinajstić information content (AvgIpc) is 2.74. The van der Waals surface area contributed by atoms with Crippen LogP contribution in [-0.2, 0) is 6.42 Å². The predicted molar refractivity (Wildman–Crippen MR) is 111 cm³/mol. The van der Waals surface area contributed by atoms with E-state index in [4.69, 9.17) is 9.47 Å². The summed E-state index contributed by atoms with van der Waals surface area (Å²) in [6.07, 6.45) is 4.05. The van der Waals surface area contributed by atoms with Gasteiger partial charge in [-0.25, -0.2) is 0 Å². The molecule has 28 heavy (non-hydrogen) atoms. The van der Waals surface area contributed by atoms with Gasteiger partial charge in [-0.05, 0) is 36.2 Å². The fraction of sp³-hybridized carbons (Fsp3) is 0.182. The molecule has 2 N–H and O–H groups in total. The maximum atomic E-state index is 12.7. The fourth-order valence-corrected chi connectivity index (χ4v) is 2.86. The van der Waals surface area contributed by atoms with Crippen LogP contribution in [0.4, 0.5) is 17.1 Å². The second-order valence-electron chi connectivity index (χ2n) is 6.12. The van der Waals surface area contributed by atoms with E-state index in [9.17, 15) is 4.79 Å². The molecule has 6 heteroatoms. The standard InChI is InChI=1S/C22H23N3O3/c1-4-15-7-5-6-8-19(15)25-22(26)16-11-18(14-23-13-16)24-17-9-10-20(27-2)21(12-17)28-3/h5-14,24H,4H2,1-3H3,(H,25,26). The summed E-state index contributed by atoms with van der Waals surface area (Å²) in [4.78, 5) is 16.8. The molecule has 0 unspecified atom stereocenters. The first-order valence-corrected chi connectivity index (χ1v) is 8.98. The van der Waals surface area contributed by atoms with Crippen molar-refractivity contribution in [2.24, 2.45) is 0 Å². The highest BCUT2D eigenvalue weighted by Gasteiger charge is 2.10. The highest BCUT2D eigenvalue weighted by molar-refractivity contribution is 6.05. The quantitative estimate of drug-likeness (QED) is 0.627. The second kappa shape index (κ2) is 8.90. The zero-order chi connectivity index (χ0) is 19.9. The van der Waals surface area contributed by atoms with Crippen LogP contribution in [0, 0.1) is 0 Å². The Labute approximate surface area is 164 Å². The molecule has 0 aliphatic carbocycles. The van der Waals surface area contributed by atoms with Crippen molar-refractivity contribution in [2.45, 2.75) is 13.3 Å². The number of anilines is 3. The number of aryl methyl sites for hydroxylation is 1. The number of aromatic nitrogens is 1. The molecule has 1 aromatic heterocycles. The summed E-state index contributed by atoms with van der Waals surface area (Å²) in [7, 11) is 3.18. The van der Waals surface area contributed by atoms with E-state index in [1.807, 2.05) is 42.5 Å². The second-order valence-corrected chi connectivity index (χ2v) is 6.12. The van der Waals surface area contributed by atoms with Crippen molar-refractivity contribution in [1.82, 2.24) is 4.98 Å². The summed E-state index contributed by atoms with van der Waals surface area (Å²) in [6, 6.07) is 15.0. The van der Waals surface area contributed by atoms with E-state index >= 15 is 0 Å². The van der Waals surface area contributed by atoms with E-state index in [1.54, 1.807) is 32.7 Å². The minimum Gasteiger partial charge on any atom is -0.493 e. The number of carbonyl (C=O) groups excluding carboxylic acids is 1. The first-order valence-electron chi connectivity index (χ1n) is 8.98. The summed E-state index contributed by atoms with van der Waals surface area (Å²) in [6.45, 7) is 2.06.